The maximum Gasteiger partial charge on any atom is 0.342 e. The Morgan fingerprint density at radius 3 is 2.63 bits per heavy atom. The van der Waals surface area contributed by atoms with Gasteiger partial charge in [-0.25, -0.2) is 4.79 Å². The van der Waals surface area contributed by atoms with Crippen molar-refractivity contribution in [3.8, 4) is 5.75 Å². The number of hydrogen-bond acceptors (Lipinski definition) is 5. The van der Waals surface area contributed by atoms with Crippen molar-refractivity contribution in [3.63, 3.8) is 0 Å². The maximum atomic E-state index is 12.0. The molecule has 5 heteroatoms. The Kier molecular flexibility index (Phi) is 6.92. The number of esters is 1. The number of aliphatic hydroxyl groups excluding tert-OH is 1. The summed E-state index contributed by atoms with van der Waals surface area (Å²) in [6.45, 7) is 4.54. The summed E-state index contributed by atoms with van der Waals surface area (Å²) in [5.74, 6) is -0.0501. The summed E-state index contributed by atoms with van der Waals surface area (Å²) in [4.78, 5) is 12.0. The van der Waals surface area contributed by atoms with Crippen molar-refractivity contribution in [3.05, 3.63) is 29.8 Å². The Morgan fingerprint density at radius 2 is 2.00 bits per heavy atom. The second-order valence-electron chi connectivity index (χ2n) is 3.80. The van der Waals surface area contributed by atoms with Gasteiger partial charge in [-0.15, -0.1) is 0 Å². The number of carbonyl (C=O) groups excluding carboxylic acids is 1. The van der Waals surface area contributed by atoms with Gasteiger partial charge in [-0.2, -0.15) is 0 Å². The van der Waals surface area contributed by atoms with Gasteiger partial charge in [0.15, 0.2) is 0 Å². The molecule has 106 valence electrons. The van der Waals surface area contributed by atoms with Crippen LogP contribution in [0.25, 0.3) is 0 Å². The molecule has 1 N–H and O–H groups in total. The lowest BCUT2D eigenvalue weighted by Crippen LogP contribution is -2.27. The van der Waals surface area contributed by atoms with Crippen LogP contribution in [-0.2, 0) is 9.47 Å². The Labute approximate surface area is 113 Å². The molecule has 0 aliphatic heterocycles. The molecule has 0 spiro atoms. The second-order valence-corrected chi connectivity index (χ2v) is 3.80. The summed E-state index contributed by atoms with van der Waals surface area (Å²) in [6.07, 6.45) is -0.665. The van der Waals surface area contributed by atoms with Crippen LogP contribution in [0.1, 0.15) is 24.2 Å². The van der Waals surface area contributed by atoms with E-state index in [2.05, 4.69) is 0 Å². The third-order valence-corrected chi connectivity index (χ3v) is 2.39. The minimum Gasteiger partial charge on any atom is -0.493 e. The number of aliphatic hydroxyl groups is 1. The third-order valence-electron chi connectivity index (χ3n) is 2.39. The largest absolute Gasteiger partial charge is 0.493 e. The van der Waals surface area contributed by atoms with E-state index in [0.29, 0.717) is 24.5 Å². The molecule has 1 rings (SSSR count). The zero-order valence-corrected chi connectivity index (χ0v) is 11.3. The molecule has 1 unspecified atom stereocenters. The molecule has 0 aliphatic rings. The molecular formula is C14H20O5. The van der Waals surface area contributed by atoms with Gasteiger partial charge >= 0.3 is 5.97 Å². The summed E-state index contributed by atoms with van der Waals surface area (Å²) in [5, 5.41) is 9.13. The fourth-order valence-corrected chi connectivity index (χ4v) is 1.50. The van der Waals surface area contributed by atoms with E-state index in [1.54, 1.807) is 24.3 Å². The van der Waals surface area contributed by atoms with Gasteiger partial charge in [0.2, 0.25) is 0 Å². The van der Waals surface area contributed by atoms with Gasteiger partial charge < -0.3 is 19.3 Å². The van der Waals surface area contributed by atoms with Crippen LogP contribution < -0.4 is 4.74 Å². The average molecular weight is 268 g/mol. The lowest BCUT2D eigenvalue weighted by atomic mass is 10.2. The Bertz CT molecular complexity index is 391. The van der Waals surface area contributed by atoms with Gasteiger partial charge in [-0.05, 0) is 26.0 Å². The van der Waals surface area contributed by atoms with E-state index in [-0.39, 0.29) is 13.2 Å². The van der Waals surface area contributed by atoms with Gasteiger partial charge in [0.25, 0.3) is 0 Å². The smallest absolute Gasteiger partial charge is 0.342 e. The maximum absolute atomic E-state index is 12.0. The van der Waals surface area contributed by atoms with Crippen LogP contribution in [-0.4, -0.2) is 43.6 Å². The lowest BCUT2D eigenvalue weighted by Gasteiger charge is -2.16. The minimum absolute atomic E-state index is 0.176. The highest BCUT2D eigenvalue weighted by Crippen LogP contribution is 2.19. The van der Waals surface area contributed by atoms with Crippen molar-refractivity contribution in [2.45, 2.75) is 20.0 Å². The van der Waals surface area contributed by atoms with Gasteiger partial charge in [-0.3, -0.25) is 0 Å². The number of benzene rings is 1. The quantitative estimate of drug-likeness (QED) is 0.726. The van der Waals surface area contributed by atoms with Crippen molar-refractivity contribution in [2.75, 3.05) is 26.4 Å². The Morgan fingerprint density at radius 1 is 1.26 bits per heavy atom. The van der Waals surface area contributed by atoms with Crippen molar-refractivity contribution in [2.24, 2.45) is 0 Å². The lowest BCUT2D eigenvalue weighted by molar-refractivity contribution is -0.0219. The summed E-state index contributed by atoms with van der Waals surface area (Å²) >= 11 is 0. The van der Waals surface area contributed by atoms with Crippen LogP contribution in [0.5, 0.6) is 5.75 Å². The van der Waals surface area contributed by atoms with Gasteiger partial charge in [0.05, 0.1) is 19.8 Å². The van der Waals surface area contributed by atoms with Crippen molar-refractivity contribution < 1.29 is 24.1 Å². The first-order valence-corrected chi connectivity index (χ1v) is 6.34. The molecule has 0 saturated carbocycles. The van der Waals surface area contributed by atoms with Crippen molar-refractivity contribution in [1.82, 2.24) is 0 Å². The second kappa shape index (κ2) is 8.50. The fraction of sp³-hybridized carbons (Fsp3) is 0.500. The summed E-state index contributed by atoms with van der Waals surface area (Å²) in [7, 11) is 0. The van der Waals surface area contributed by atoms with Gasteiger partial charge in [0, 0.05) is 6.61 Å². The Balaban J connectivity index is 2.71. The van der Waals surface area contributed by atoms with Crippen LogP contribution >= 0.6 is 0 Å². The molecule has 1 aromatic carbocycles. The van der Waals surface area contributed by atoms with Gasteiger partial charge in [-0.1, -0.05) is 12.1 Å². The van der Waals surface area contributed by atoms with Crippen LogP contribution in [0, 0.1) is 0 Å². The molecule has 0 fully saturated rings. The zero-order valence-electron chi connectivity index (χ0n) is 11.3. The highest BCUT2D eigenvalue weighted by molar-refractivity contribution is 5.92. The van der Waals surface area contributed by atoms with Crippen molar-refractivity contribution in [1.29, 1.82) is 0 Å². The average Bonchev–Trinajstić information content (AvgIpc) is 2.44. The first-order valence-electron chi connectivity index (χ1n) is 6.34. The normalized spacial score (nSPS) is 11.9. The molecule has 0 aromatic heterocycles. The topological polar surface area (TPSA) is 65.0 Å². The molecule has 0 heterocycles. The summed E-state index contributed by atoms with van der Waals surface area (Å²) in [6, 6.07) is 6.85. The van der Waals surface area contributed by atoms with Crippen molar-refractivity contribution >= 4 is 5.97 Å². The predicted molar refractivity (Wildman–Crippen MR) is 70.4 cm³/mol. The molecule has 0 saturated heterocycles. The van der Waals surface area contributed by atoms with Crippen LogP contribution in [0.15, 0.2) is 24.3 Å². The molecule has 0 bridgehead atoms. The SMILES string of the molecule is CCOCC(CO)OC(=O)c1ccccc1OCC. The standard InChI is InChI=1S/C14H20O5/c1-3-17-10-11(9-15)19-14(16)12-7-5-6-8-13(12)18-4-2/h5-8,11,15H,3-4,9-10H2,1-2H3. The number of ether oxygens (including phenoxy) is 3. The first-order chi connectivity index (χ1) is 9.22. The minimum atomic E-state index is -0.665. The number of para-hydroxylation sites is 1. The molecule has 1 atom stereocenters. The monoisotopic (exact) mass is 268 g/mol. The molecule has 0 amide bonds. The summed E-state index contributed by atoms with van der Waals surface area (Å²) in [5.41, 5.74) is 0.347. The Hall–Kier alpha value is -1.59. The molecule has 5 nitrogen and oxygen atoms in total. The van der Waals surface area contributed by atoms with Crippen LogP contribution in [0.2, 0.25) is 0 Å². The highest BCUT2D eigenvalue weighted by Gasteiger charge is 2.18. The van der Waals surface area contributed by atoms with E-state index < -0.39 is 12.1 Å². The summed E-state index contributed by atoms with van der Waals surface area (Å²) < 4.78 is 15.7. The van der Waals surface area contributed by atoms with E-state index >= 15 is 0 Å². The van der Waals surface area contributed by atoms with E-state index in [1.165, 1.54) is 0 Å². The molecule has 19 heavy (non-hydrogen) atoms. The molecule has 0 radical (unpaired) electrons. The molecule has 1 aromatic rings. The number of hydrogen-bond donors (Lipinski definition) is 1. The number of carbonyl (C=O) groups is 1. The van der Waals surface area contributed by atoms with E-state index in [1.807, 2.05) is 13.8 Å². The number of rotatable bonds is 8. The van der Waals surface area contributed by atoms with E-state index in [9.17, 15) is 4.79 Å². The van der Waals surface area contributed by atoms with E-state index in [4.69, 9.17) is 19.3 Å². The van der Waals surface area contributed by atoms with Crippen LogP contribution in [0.3, 0.4) is 0 Å². The molecule has 0 aliphatic carbocycles. The predicted octanol–water partition coefficient (Wildman–Crippen LogP) is 1.64. The highest BCUT2D eigenvalue weighted by atomic mass is 16.6. The molecular weight excluding hydrogens is 248 g/mol. The fourth-order valence-electron chi connectivity index (χ4n) is 1.50. The van der Waals surface area contributed by atoms with Crippen LogP contribution in [0.4, 0.5) is 0 Å². The third kappa shape index (κ3) is 4.89. The zero-order chi connectivity index (χ0) is 14.1. The van der Waals surface area contributed by atoms with Gasteiger partial charge in [0.1, 0.15) is 17.4 Å². The van der Waals surface area contributed by atoms with E-state index in [0.717, 1.165) is 0 Å². The first kappa shape index (κ1) is 15.5.